The van der Waals surface area contributed by atoms with Gasteiger partial charge in [-0.2, -0.15) is 0 Å². The van der Waals surface area contributed by atoms with Crippen molar-refractivity contribution in [3.63, 3.8) is 0 Å². The number of amides is 1. The summed E-state index contributed by atoms with van der Waals surface area (Å²) < 4.78 is 0. The van der Waals surface area contributed by atoms with Crippen molar-refractivity contribution in [2.24, 2.45) is 5.73 Å². The van der Waals surface area contributed by atoms with Crippen molar-refractivity contribution >= 4 is 23.2 Å². The number of benzene rings is 3. The lowest BCUT2D eigenvalue weighted by Gasteiger charge is -2.12. The normalized spacial score (nSPS) is 11.0. The Balaban J connectivity index is 1.57. The van der Waals surface area contributed by atoms with E-state index >= 15 is 0 Å². The highest BCUT2D eigenvalue weighted by atomic mass is 16.1. The van der Waals surface area contributed by atoms with E-state index in [1.807, 2.05) is 72.8 Å². The molecule has 4 rings (SSSR count). The van der Waals surface area contributed by atoms with Crippen molar-refractivity contribution in [1.29, 1.82) is 5.41 Å². The van der Waals surface area contributed by atoms with Crippen LogP contribution in [0.3, 0.4) is 0 Å². The minimum atomic E-state index is -0.277. The molecule has 38 heavy (non-hydrogen) atoms. The number of nitrogens with one attached hydrogen (secondary N) is 3. The second-order valence-electron chi connectivity index (χ2n) is 8.93. The molecule has 5 N–H and O–H groups in total. The lowest BCUT2D eigenvalue weighted by molar-refractivity contribution is -0.111. The number of hydrogen-bond acceptors (Lipinski definition) is 4. The van der Waals surface area contributed by atoms with Gasteiger partial charge in [-0.1, -0.05) is 79.4 Å². The summed E-state index contributed by atoms with van der Waals surface area (Å²) in [6.07, 6.45) is 5.05. The summed E-state index contributed by atoms with van der Waals surface area (Å²) in [5, 5.41) is 14.4. The van der Waals surface area contributed by atoms with Crippen LogP contribution in [0.2, 0.25) is 0 Å². The summed E-state index contributed by atoms with van der Waals surface area (Å²) in [4.78, 5) is 16.6. The predicted octanol–water partition coefficient (Wildman–Crippen LogP) is 6.33. The Bertz CT molecular complexity index is 1450. The van der Waals surface area contributed by atoms with E-state index in [1.54, 1.807) is 6.08 Å². The topological polar surface area (TPSA) is 104 Å². The largest absolute Gasteiger partial charge is 0.402 e. The molecule has 0 saturated carbocycles. The molecule has 1 heterocycles. The molecule has 0 saturated heterocycles. The number of anilines is 2. The van der Waals surface area contributed by atoms with E-state index < -0.39 is 0 Å². The molecule has 190 valence electrons. The van der Waals surface area contributed by atoms with Gasteiger partial charge >= 0.3 is 0 Å². The van der Waals surface area contributed by atoms with Gasteiger partial charge in [0.1, 0.15) is 11.7 Å². The second kappa shape index (κ2) is 12.8. The highest BCUT2D eigenvalue weighted by molar-refractivity contribution is 6.01. The van der Waals surface area contributed by atoms with Crippen molar-refractivity contribution in [3.05, 3.63) is 138 Å². The smallest absolute Gasteiger partial charge is 0.247 e. The fourth-order valence-electron chi connectivity index (χ4n) is 4.05. The summed E-state index contributed by atoms with van der Waals surface area (Å²) in [7, 11) is 0. The molecule has 4 aromatic rings. The number of amidine groups is 1. The lowest BCUT2D eigenvalue weighted by atomic mass is 10.0. The minimum Gasteiger partial charge on any atom is -0.402 e. The molecule has 3 aromatic carbocycles. The van der Waals surface area contributed by atoms with Gasteiger partial charge in [-0.25, -0.2) is 4.98 Å². The summed E-state index contributed by atoms with van der Waals surface area (Å²) >= 11 is 0. The van der Waals surface area contributed by atoms with Gasteiger partial charge in [-0.05, 0) is 72.4 Å². The van der Waals surface area contributed by atoms with Crippen LogP contribution in [0.4, 0.5) is 11.5 Å². The van der Waals surface area contributed by atoms with Gasteiger partial charge in [0, 0.05) is 16.9 Å². The molecule has 6 heteroatoms. The predicted molar refractivity (Wildman–Crippen MR) is 156 cm³/mol. The first-order chi connectivity index (χ1) is 18.5. The van der Waals surface area contributed by atoms with Crippen LogP contribution in [0.1, 0.15) is 23.1 Å². The SMILES string of the molecule is C=CC(=O)Nc1cccc(-c2cc(Cc3ccccc3)cc(NC(=N)/C=C(\N)CCc3ccccc3)n2)c1. The van der Waals surface area contributed by atoms with Crippen LogP contribution in [0.25, 0.3) is 11.3 Å². The van der Waals surface area contributed by atoms with Gasteiger partial charge < -0.3 is 16.4 Å². The van der Waals surface area contributed by atoms with Crippen LogP contribution < -0.4 is 16.4 Å². The number of carbonyl (C=O) groups excluding carboxylic acids is 1. The van der Waals surface area contributed by atoms with Gasteiger partial charge in [0.05, 0.1) is 5.69 Å². The fraction of sp³-hybridized carbons (Fsp3) is 0.0938. The average molecular weight is 502 g/mol. The molecule has 1 aromatic heterocycles. The van der Waals surface area contributed by atoms with Gasteiger partial charge in [0.2, 0.25) is 5.91 Å². The van der Waals surface area contributed by atoms with Crippen LogP contribution in [0.5, 0.6) is 0 Å². The zero-order valence-electron chi connectivity index (χ0n) is 21.2. The molecule has 0 unspecified atom stereocenters. The van der Waals surface area contributed by atoms with E-state index in [2.05, 4.69) is 41.5 Å². The molecule has 0 radical (unpaired) electrons. The number of hydrogen-bond donors (Lipinski definition) is 4. The van der Waals surface area contributed by atoms with Gasteiger partial charge in [-0.15, -0.1) is 0 Å². The Morgan fingerprint density at radius 3 is 2.29 bits per heavy atom. The third-order valence-electron chi connectivity index (χ3n) is 5.89. The Hall–Kier alpha value is -4.97. The number of aromatic nitrogens is 1. The molecule has 1 amide bonds. The highest BCUT2D eigenvalue weighted by Gasteiger charge is 2.09. The number of carbonyl (C=O) groups is 1. The number of nitrogens with two attached hydrogens (primary N) is 1. The molecule has 0 aliphatic carbocycles. The van der Waals surface area contributed by atoms with Crippen molar-refractivity contribution in [2.75, 3.05) is 10.6 Å². The molecule has 0 bridgehead atoms. The summed E-state index contributed by atoms with van der Waals surface area (Å²) in [5.41, 5.74) is 12.5. The number of nitrogens with zero attached hydrogens (tertiary/aromatic N) is 1. The van der Waals surface area contributed by atoms with E-state index in [0.29, 0.717) is 30.0 Å². The van der Waals surface area contributed by atoms with Gasteiger partial charge in [0.25, 0.3) is 0 Å². The quantitative estimate of drug-likeness (QED) is 0.116. The monoisotopic (exact) mass is 501 g/mol. The number of pyridine rings is 1. The third-order valence-corrected chi connectivity index (χ3v) is 5.89. The first-order valence-electron chi connectivity index (χ1n) is 12.4. The molecule has 0 atom stereocenters. The van der Waals surface area contributed by atoms with E-state index in [1.165, 1.54) is 17.2 Å². The van der Waals surface area contributed by atoms with Crippen molar-refractivity contribution in [3.8, 4) is 11.3 Å². The van der Waals surface area contributed by atoms with Crippen molar-refractivity contribution < 1.29 is 4.79 Å². The minimum absolute atomic E-state index is 0.165. The molecule has 0 aliphatic heterocycles. The van der Waals surface area contributed by atoms with Gasteiger partial charge in [-0.3, -0.25) is 10.2 Å². The maximum absolute atomic E-state index is 11.8. The summed E-state index contributed by atoms with van der Waals surface area (Å²) in [6.45, 7) is 3.51. The fourth-order valence-corrected chi connectivity index (χ4v) is 4.05. The molecule has 0 aliphatic rings. The van der Waals surface area contributed by atoms with Crippen LogP contribution in [-0.4, -0.2) is 16.7 Å². The Morgan fingerprint density at radius 2 is 1.58 bits per heavy atom. The lowest BCUT2D eigenvalue weighted by Crippen LogP contribution is -2.13. The van der Waals surface area contributed by atoms with Crippen molar-refractivity contribution in [2.45, 2.75) is 19.3 Å². The van der Waals surface area contributed by atoms with Crippen LogP contribution in [-0.2, 0) is 17.6 Å². The Labute approximate surface area is 223 Å². The molecule has 0 spiro atoms. The van der Waals surface area contributed by atoms with E-state index in [9.17, 15) is 4.79 Å². The van der Waals surface area contributed by atoms with Crippen molar-refractivity contribution in [1.82, 2.24) is 4.98 Å². The van der Waals surface area contributed by atoms with Crippen LogP contribution in [0.15, 0.2) is 121 Å². The van der Waals surface area contributed by atoms with E-state index in [-0.39, 0.29) is 11.7 Å². The Kier molecular flexibility index (Phi) is 8.81. The van der Waals surface area contributed by atoms with E-state index in [4.69, 9.17) is 16.1 Å². The first-order valence-corrected chi connectivity index (χ1v) is 12.4. The standard InChI is InChI=1S/C32H31N5O/c1-2-32(38)35-28-15-9-14-26(21-28)29-19-25(18-24-12-7-4-8-13-24)20-31(36-29)37-30(34)22-27(33)17-16-23-10-5-3-6-11-23/h2-15,19-22H,1,16-18,33H2,(H,35,38)(H2,34,36,37)/b27-22-. The third kappa shape index (κ3) is 7.77. The molecular formula is C32H31N5O. The Morgan fingerprint density at radius 1 is 0.868 bits per heavy atom. The second-order valence-corrected chi connectivity index (χ2v) is 8.93. The summed E-state index contributed by atoms with van der Waals surface area (Å²) in [6, 6.07) is 31.8. The van der Waals surface area contributed by atoms with E-state index in [0.717, 1.165) is 23.2 Å². The number of rotatable bonds is 10. The summed E-state index contributed by atoms with van der Waals surface area (Å²) in [5.74, 6) is 0.435. The zero-order chi connectivity index (χ0) is 26.7. The highest BCUT2D eigenvalue weighted by Crippen LogP contribution is 2.25. The average Bonchev–Trinajstić information content (AvgIpc) is 2.93. The first kappa shape index (κ1) is 26.1. The molecular weight excluding hydrogens is 470 g/mol. The maximum atomic E-state index is 11.8. The molecule has 6 nitrogen and oxygen atoms in total. The van der Waals surface area contributed by atoms with Crippen LogP contribution in [0, 0.1) is 5.41 Å². The maximum Gasteiger partial charge on any atom is 0.247 e. The van der Waals surface area contributed by atoms with Gasteiger partial charge in [0.15, 0.2) is 0 Å². The molecule has 0 fully saturated rings. The number of allylic oxidation sites excluding steroid dienone is 1. The number of aryl methyl sites for hydroxylation is 1. The van der Waals surface area contributed by atoms with Crippen LogP contribution >= 0.6 is 0 Å². The zero-order valence-corrected chi connectivity index (χ0v) is 21.2.